The van der Waals surface area contributed by atoms with Crippen LogP contribution in [0.5, 0.6) is 0 Å². The highest BCUT2D eigenvalue weighted by atomic mass is 35.5. The average molecular weight is 285 g/mol. The van der Waals surface area contributed by atoms with Crippen LogP contribution in [-0.2, 0) is 6.54 Å². The molecule has 0 fully saturated rings. The molecule has 0 spiro atoms. The van der Waals surface area contributed by atoms with Crippen molar-refractivity contribution in [3.05, 3.63) is 39.2 Å². The Labute approximate surface area is 117 Å². The molecule has 0 aromatic carbocycles. The Kier molecular flexibility index (Phi) is 6.38. The number of aliphatic imine (C=N–C) groups is 1. The van der Waals surface area contributed by atoms with Crippen molar-refractivity contribution in [1.82, 2.24) is 9.88 Å². The van der Waals surface area contributed by atoms with E-state index >= 15 is 0 Å². The highest BCUT2D eigenvalue weighted by Crippen LogP contribution is 2.06. The van der Waals surface area contributed by atoms with Gasteiger partial charge in [0.2, 0.25) is 6.54 Å². The fraction of sp³-hybridized carbons (Fsp3) is 0.500. The SMILES string of the molecule is CC(C[N+](=O)[O-])=NCCN(C)Cc1ccc(Cl)nc1. The maximum atomic E-state index is 10.3. The Bertz CT molecular complexity index is 448. The molecule has 0 atom stereocenters. The van der Waals surface area contributed by atoms with Gasteiger partial charge in [-0.2, -0.15) is 0 Å². The van der Waals surface area contributed by atoms with Crippen LogP contribution in [-0.4, -0.2) is 47.2 Å². The molecule has 0 saturated heterocycles. The van der Waals surface area contributed by atoms with Gasteiger partial charge in [-0.1, -0.05) is 17.7 Å². The molecule has 1 aromatic heterocycles. The number of halogens is 1. The van der Waals surface area contributed by atoms with Crippen molar-refractivity contribution in [3.8, 4) is 0 Å². The summed E-state index contributed by atoms with van der Waals surface area (Å²) in [5.74, 6) is 0. The minimum Gasteiger partial charge on any atom is -0.300 e. The smallest absolute Gasteiger partial charge is 0.241 e. The fourth-order valence-electron chi connectivity index (χ4n) is 1.54. The highest BCUT2D eigenvalue weighted by molar-refractivity contribution is 6.29. The van der Waals surface area contributed by atoms with Gasteiger partial charge in [0.15, 0.2) is 0 Å². The molecule has 7 heteroatoms. The average Bonchev–Trinajstić information content (AvgIpc) is 2.31. The third-order valence-corrected chi connectivity index (χ3v) is 2.69. The first-order valence-corrected chi connectivity index (χ1v) is 6.26. The summed E-state index contributed by atoms with van der Waals surface area (Å²) < 4.78 is 0. The maximum Gasteiger partial charge on any atom is 0.241 e. The molecular weight excluding hydrogens is 268 g/mol. The zero-order chi connectivity index (χ0) is 14.3. The van der Waals surface area contributed by atoms with Crippen LogP contribution in [0.2, 0.25) is 5.15 Å². The zero-order valence-corrected chi connectivity index (χ0v) is 11.8. The van der Waals surface area contributed by atoms with E-state index in [0.717, 1.165) is 18.7 Å². The van der Waals surface area contributed by atoms with Crippen molar-refractivity contribution in [2.75, 3.05) is 26.7 Å². The van der Waals surface area contributed by atoms with Gasteiger partial charge in [0.1, 0.15) is 5.15 Å². The largest absolute Gasteiger partial charge is 0.300 e. The summed E-state index contributed by atoms with van der Waals surface area (Å²) in [6, 6.07) is 3.68. The Morgan fingerprint density at radius 1 is 1.58 bits per heavy atom. The second kappa shape index (κ2) is 7.81. The van der Waals surface area contributed by atoms with Gasteiger partial charge in [-0.25, -0.2) is 4.98 Å². The molecular formula is C12H17ClN4O2. The molecule has 0 N–H and O–H groups in total. The van der Waals surface area contributed by atoms with Gasteiger partial charge < -0.3 is 4.90 Å². The van der Waals surface area contributed by atoms with Crippen LogP contribution in [0, 0.1) is 10.1 Å². The molecule has 1 heterocycles. The van der Waals surface area contributed by atoms with E-state index in [4.69, 9.17) is 11.6 Å². The van der Waals surface area contributed by atoms with Crippen LogP contribution < -0.4 is 0 Å². The van der Waals surface area contributed by atoms with Gasteiger partial charge in [-0.05, 0) is 25.6 Å². The van der Waals surface area contributed by atoms with Gasteiger partial charge in [0.25, 0.3) is 0 Å². The van der Waals surface area contributed by atoms with Crippen LogP contribution in [0.3, 0.4) is 0 Å². The van der Waals surface area contributed by atoms with E-state index < -0.39 is 0 Å². The van der Waals surface area contributed by atoms with E-state index in [9.17, 15) is 10.1 Å². The van der Waals surface area contributed by atoms with Crippen molar-refractivity contribution in [1.29, 1.82) is 0 Å². The molecule has 1 aromatic rings. The lowest BCUT2D eigenvalue weighted by Gasteiger charge is -2.15. The van der Waals surface area contributed by atoms with Crippen molar-refractivity contribution in [3.63, 3.8) is 0 Å². The first-order valence-electron chi connectivity index (χ1n) is 5.88. The number of nitro groups is 1. The van der Waals surface area contributed by atoms with E-state index in [0.29, 0.717) is 17.4 Å². The van der Waals surface area contributed by atoms with E-state index in [2.05, 4.69) is 14.9 Å². The molecule has 0 aliphatic carbocycles. The number of hydrogen-bond acceptors (Lipinski definition) is 5. The number of pyridine rings is 1. The number of aromatic nitrogens is 1. The standard InChI is InChI=1S/C12H17ClN4O2/c1-10(8-17(18)19)14-5-6-16(2)9-11-3-4-12(13)15-7-11/h3-4,7H,5-6,8-9H2,1-2H3. The van der Waals surface area contributed by atoms with Crippen LogP contribution in [0.1, 0.15) is 12.5 Å². The minimum absolute atomic E-state index is 0.190. The second-order valence-corrected chi connectivity index (χ2v) is 4.72. The summed E-state index contributed by atoms with van der Waals surface area (Å²) in [4.78, 5) is 20.1. The van der Waals surface area contributed by atoms with Crippen molar-refractivity contribution < 1.29 is 4.92 Å². The summed E-state index contributed by atoms with van der Waals surface area (Å²) in [5.41, 5.74) is 1.62. The predicted octanol–water partition coefficient (Wildman–Crippen LogP) is 1.90. The topological polar surface area (TPSA) is 71.6 Å². The summed E-state index contributed by atoms with van der Waals surface area (Å²) in [5, 5.41) is 10.8. The number of nitrogens with zero attached hydrogens (tertiary/aromatic N) is 4. The summed E-state index contributed by atoms with van der Waals surface area (Å²) in [6.07, 6.45) is 1.74. The van der Waals surface area contributed by atoms with Crippen molar-refractivity contribution in [2.45, 2.75) is 13.5 Å². The summed E-state index contributed by atoms with van der Waals surface area (Å²) in [6.45, 7) is 3.51. The second-order valence-electron chi connectivity index (χ2n) is 4.33. The molecule has 1 rings (SSSR count). The third-order valence-electron chi connectivity index (χ3n) is 2.46. The van der Waals surface area contributed by atoms with Gasteiger partial charge >= 0.3 is 0 Å². The van der Waals surface area contributed by atoms with Gasteiger partial charge in [-0.15, -0.1) is 0 Å². The molecule has 0 aliphatic heterocycles. The monoisotopic (exact) mass is 284 g/mol. The Morgan fingerprint density at radius 2 is 2.32 bits per heavy atom. The van der Waals surface area contributed by atoms with Crippen LogP contribution >= 0.6 is 11.6 Å². The Balaban J connectivity index is 2.33. The number of rotatable bonds is 7. The van der Waals surface area contributed by atoms with E-state index in [-0.39, 0.29) is 11.5 Å². The number of likely N-dealkylation sites (N-methyl/N-ethyl adjacent to an activating group) is 1. The van der Waals surface area contributed by atoms with Gasteiger partial charge in [0.05, 0.1) is 12.3 Å². The molecule has 6 nitrogen and oxygen atoms in total. The molecule has 0 saturated carbocycles. The molecule has 0 radical (unpaired) electrons. The quantitative estimate of drug-likeness (QED) is 0.332. The van der Waals surface area contributed by atoms with Crippen LogP contribution in [0.25, 0.3) is 0 Å². The molecule has 104 valence electrons. The maximum absolute atomic E-state index is 10.3. The van der Waals surface area contributed by atoms with Crippen LogP contribution in [0.15, 0.2) is 23.3 Å². The highest BCUT2D eigenvalue weighted by Gasteiger charge is 2.02. The van der Waals surface area contributed by atoms with Gasteiger partial charge in [-0.3, -0.25) is 15.1 Å². The van der Waals surface area contributed by atoms with Crippen molar-refractivity contribution in [2.24, 2.45) is 4.99 Å². The molecule has 0 aliphatic rings. The molecule has 0 bridgehead atoms. The number of hydrogen-bond donors (Lipinski definition) is 0. The third kappa shape index (κ3) is 6.83. The Hall–Kier alpha value is -1.53. The minimum atomic E-state index is -0.373. The first kappa shape index (κ1) is 15.5. The lowest BCUT2D eigenvalue weighted by molar-refractivity contribution is -0.463. The van der Waals surface area contributed by atoms with E-state index in [1.54, 1.807) is 19.2 Å². The van der Waals surface area contributed by atoms with E-state index in [1.807, 2.05) is 13.1 Å². The fourth-order valence-corrected chi connectivity index (χ4v) is 1.65. The molecule has 19 heavy (non-hydrogen) atoms. The predicted molar refractivity (Wildman–Crippen MR) is 75.4 cm³/mol. The van der Waals surface area contributed by atoms with E-state index in [1.165, 1.54) is 0 Å². The normalized spacial score (nSPS) is 11.9. The van der Waals surface area contributed by atoms with Crippen LogP contribution in [0.4, 0.5) is 0 Å². The van der Waals surface area contributed by atoms with Crippen molar-refractivity contribution >= 4 is 17.3 Å². The zero-order valence-electron chi connectivity index (χ0n) is 11.0. The molecule has 0 unspecified atom stereocenters. The lowest BCUT2D eigenvalue weighted by atomic mass is 10.3. The molecule has 0 amide bonds. The van der Waals surface area contributed by atoms with Gasteiger partial charge in [0, 0.05) is 24.2 Å². The lowest BCUT2D eigenvalue weighted by Crippen LogP contribution is -2.22. The summed E-state index contributed by atoms with van der Waals surface area (Å²) in [7, 11) is 1.97. The summed E-state index contributed by atoms with van der Waals surface area (Å²) >= 11 is 5.71. The Morgan fingerprint density at radius 3 is 2.89 bits per heavy atom. The first-order chi connectivity index (χ1) is 8.97.